The first-order valence-corrected chi connectivity index (χ1v) is 6.06. The van der Waals surface area contributed by atoms with E-state index in [0.717, 1.165) is 5.56 Å². The van der Waals surface area contributed by atoms with E-state index in [1.54, 1.807) is 31.2 Å². The molecule has 0 saturated carbocycles. The summed E-state index contributed by atoms with van der Waals surface area (Å²) in [5.74, 6) is -1.09. The summed E-state index contributed by atoms with van der Waals surface area (Å²) >= 11 is 6.09. The lowest BCUT2D eigenvalue weighted by Gasteiger charge is -2.09. The molecule has 0 amide bonds. The molecular weight excluding hydrogens is 267 g/mol. The number of aryl methyl sites for hydroxylation is 1. The van der Waals surface area contributed by atoms with Gasteiger partial charge in [-0.2, -0.15) is 0 Å². The topological polar surface area (TPSA) is 26.3 Å². The highest BCUT2D eigenvalue weighted by molar-refractivity contribution is 6.35. The number of hydrogen-bond acceptors (Lipinski definition) is 2. The van der Waals surface area contributed by atoms with E-state index >= 15 is 0 Å². The van der Waals surface area contributed by atoms with Crippen LogP contribution >= 0.6 is 11.6 Å². The van der Waals surface area contributed by atoms with E-state index in [9.17, 15) is 9.18 Å². The summed E-state index contributed by atoms with van der Waals surface area (Å²) < 4.78 is 18.9. The second-order valence-electron chi connectivity index (χ2n) is 4.09. The Morgan fingerprint density at radius 1 is 1.16 bits per heavy atom. The highest BCUT2D eigenvalue weighted by Crippen LogP contribution is 2.26. The number of methoxy groups -OCH3 is 1. The fourth-order valence-corrected chi connectivity index (χ4v) is 2.02. The van der Waals surface area contributed by atoms with Gasteiger partial charge in [0.15, 0.2) is 17.3 Å². The average molecular weight is 279 g/mol. The quantitative estimate of drug-likeness (QED) is 0.793. The molecule has 0 aliphatic carbocycles. The third kappa shape index (κ3) is 2.47. The molecule has 0 aliphatic heterocycles. The van der Waals surface area contributed by atoms with Crippen molar-refractivity contribution in [2.75, 3.05) is 7.11 Å². The summed E-state index contributed by atoms with van der Waals surface area (Å²) in [6.07, 6.45) is 0. The van der Waals surface area contributed by atoms with Gasteiger partial charge in [-0.15, -0.1) is 0 Å². The van der Waals surface area contributed by atoms with Crippen LogP contribution in [0.2, 0.25) is 5.02 Å². The Morgan fingerprint density at radius 3 is 2.47 bits per heavy atom. The van der Waals surface area contributed by atoms with Crippen LogP contribution in [0, 0.1) is 12.7 Å². The van der Waals surface area contributed by atoms with Crippen molar-refractivity contribution in [3.05, 3.63) is 63.9 Å². The van der Waals surface area contributed by atoms with E-state index in [1.165, 1.54) is 19.2 Å². The molecule has 0 aromatic heterocycles. The van der Waals surface area contributed by atoms with Gasteiger partial charge in [0.05, 0.1) is 17.7 Å². The highest BCUT2D eigenvalue weighted by atomic mass is 35.5. The number of ketones is 1. The molecule has 0 heterocycles. The van der Waals surface area contributed by atoms with Crippen LogP contribution in [-0.4, -0.2) is 12.9 Å². The van der Waals surface area contributed by atoms with Crippen molar-refractivity contribution in [2.24, 2.45) is 0 Å². The maximum Gasteiger partial charge on any atom is 0.197 e. The van der Waals surface area contributed by atoms with Gasteiger partial charge in [0.2, 0.25) is 0 Å². The molecule has 4 heteroatoms. The number of rotatable bonds is 3. The first kappa shape index (κ1) is 13.6. The smallest absolute Gasteiger partial charge is 0.197 e. The third-order valence-electron chi connectivity index (χ3n) is 2.86. The second-order valence-corrected chi connectivity index (χ2v) is 4.47. The SMILES string of the molecule is COc1cccc(C(=O)c2cccc(C)c2Cl)c1F. The van der Waals surface area contributed by atoms with Crippen LogP contribution in [0.1, 0.15) is 21.5 Å². The fraction of sp³-hybridized carbons (Fsp3) is 0.133. The van der Waals surface area contributed by atoms with Crippen molar-refractivity contribution < 1.29 is 13.9 Å². The summed E-state index contributed by atoms with van der Waals surface area (Å²) in [7, 11) is 1.35. The van der Waals surface area contributed by atoms with E-state index in [4.69, 9.17) is 16.3 Å². The molecule has 0 atom stereocenters. The van der Waals surface area contributed by atoms with E-state index in [0.29, 0.717) is 5.02 Å². The number of carbonyl (C=O) groups is 1. The van der Waals surface area contributed by atoms with Crippen molar-refractivity contribution in [1.29, 1.82) is 0 Å². The second kappa shape index (κ2) is 5.41. The van der Waals surface area contributed by atoms with Crippen LogP contribution < -0.4 is 4.74 Å². The van der Waals surface area contributed by atoms with Gasteiger partial charge >= 0.3 is 0 Å². The van der Waals surface area contributed by atoms with Gasteiger partial charge in [-0.1, -0.05) is 29.8 Å². The van der Waals surface area contributed by atoms with Crippen molar-refractivity contribution in [1.82, 2.24) is 0 Å². The van der Waals surface area contributed by atoms with Crippen LogP contribution in [0.15, 0.2) is 36.4 Å². The summed E-state index contributed by atoms with van der Waals surface area (Å²) in [5, 5.41) is 0.342. The zero-order valence-corrected chi connectivity index (χ0v) is 11.3. The number of benzene rings is 2. The number of carbonyl (C=O) groups excluding carboxylic acids is 1. The molecule has 0 radical (unpaired) electrons. The van der Waals surface area contributed by atoms with Gasteiger partial charge in [-0.25, -0.2) is 4.39 Å². The van der Waals surface area contributed by atoms with Crippen molar-refractivity contribution in [2.45, 2.75) is 6.92 Å². The van der Waals surface area contributed by atoms with Crippen molar-refractivity contribution in [3.8, 4) is 5.75 Å². The van der Waals surface area contributed by atoms with Gasteiger partial charge < -0.3 is 4.74 Å². The third-order valence-corrected chi connectivity index (χ3v) is 3.37. The maximum absolute atomic E-state index is 14.1. The Bertz CT molecular complexity index is 638. The van der Waals surface area contributed by atoms with Crippen LogP contribution in [0.25, 0.3) is 0 Å². The summed E-state index contributed by atoms with van der Waals surface area (Å²) in [5.41, 5.74) is 1.01. The molecule has 2 nitrogen and oxygen atoms in total. The standard InChI is InChI=1S/C15H12ClFO2/c1-9-5-3-6-10(13(9)16)15(18)11-7-4-8-12(19-2)14(11)17/h3-8H,1-2H3. The Kier molecular flexibility index (Phi) is 3.86. The molecular formula is C15H12ClFO2. The molecule has 0 fully saturated rings. The Morgan fingerprint density at radius 2 is 1.79 bits per heavy atom. The lowest BCUT2D eigenvalue weighted by Crippen LogP contribution is -2.06. The largest absolute Gasteiger partial charge is 0.494 e. The monoisotopic (exact) mass is 278 g/mol. The molecule has 0 unspecified atom stereocenters. The molecule has 0 spiro atoms. The lowest BCUT2D eigenvalue weighted by atomic mass is 10.0. The number of hydrogen-bond donors (Lipinski definition) is 0. The maximum atomic E-state index is 14.1. The zero-order valence-electron chi connectivity index (χ0n) is 10.5. The minimum absolute atomic E-state index is 0.0367. The molecule has 0 bridgehead atoms. The fourth-order valence-electron chi connectivity index (χ4n) is 1.81. The number of ether oxygens (including phenoxy) is 1. The lowest BCUT2D eigenvalue weighted by molar-refractivity contribution is 0.103. The summed E-state index contributed by atoms with van der Waals surface area (Å²) in [4.78, 5) is 12.3. The summed E-state index contributed by atoms with van der Waals surface area (Å²) in [6.45, 7) is 1.79. The molecule has 19 heavy (non-hydrogen) atoms. The predicted octanol–water partition coefficient (Wildman–Crippen LogP) is 4.03. The molecule has 0 N–H and O–H groups in total. The van der Waals surface area contributed by atoms with E-state index < -0.39 is 11.6 Å². The van der Waals surface area contributed by atoms with E-state index in [2.05, 4.69) is 0 Å². The van der Waals surface area contributed by atoms with Crippen molar-refractivity contribution >= 4 is 17.4 Å². The molecule has 0 aliphatic rings. The van der Waals surface area contributed by atoms with Gasteiger partial charge in [-0.3, -0.25) is 4.79 Å². The molecule has 2 aromatic carbocycles. The summed E-state index contributed by atoms with van der Waals surface area (Å²) in [6, 6.07) is 9.53. The first-order valence-electron chi connectivity index (χ1n) is 5.68. The first-order chi connectivity index (χ1) is 9.06. The van der Waals surface area contributed by atoms with E-state index in [1.807, 2.05) is 0 Å². The predicted molar refractivity (Wildman–Crippen MR) is 72.6 cm³/mol. The van der Waals surface area contributed by atoms with Crippen LogP contribution in [0.4, 0.5) is 4.39 Å². The van der Waals surface area contributed by atoms with Gasteiger partial charge in [0, 0.05) is 5.56 Å². The van der Waals surface area contributed by atoms with Crippen molar-refractivity contribution in [3.63, 3.8) is 0 Å². The Labute approximate surface area is 115 Å². The molecule has 0 saturated heterocycles. The van der Waals surface area contributed by atoms with Gasteiger partial charge in [-0.05, 0) is 30.7 Å². The van der Waals surface area contributed by atoms with Crippen LogP contribution in [0.5, 0.6) is 5.75 Å². The van der Waals surface area contributed by atoms with Gasteiger partial charge in [0.1, 0.15) is 0 Å². The Balaban J connectivity index is 2.54. The average Bonchev–Trinajstić information content (AvgIpc) is 2.41. The van der Waals surface area contributed by atoms with E-state index in [-0.39, 0.29) is 16.9 Å². The van der Waals surface area contributed by atoms with Gasteiger partial charge in [0.25, 0.3) is 0 Å². The molecule has 98 valence electrons. The highest BCUT2D eigenvalue weighted by Gasteiger charge is 2.19. The van der Waals surface area contributed by atoms with Crippen LogP contribution in [-0.2, 0) is 0 Å². The van der Waals surface area contributed by atoms with Crippen LogP contribution in [0.3, 0.4) is 0 Å². The normalized spacial score (nSPS) is 10.3. The zero-order chi connectivity index (χ0) is 14.0. The minimum Gasteiger partial charge on any atom is -0.494 e. The molecule has 2 aromatic rings. The number of halogens is 2. The Hall–Kier alpha value is -1.87. The molecule has 2 rings (SSSR count). The minimum atomic E-state index is -0.674.